The van der Waals surface area contributed by atoms with E-state index in [0.29, 0.717) is 0 Å². The van der Waals surface area contributed by atoms with Crippen LogP contribution in [0.25, 0.3) is 33.4 Å². The van der Waals surface area contributed by atoms with Crippen molar-refractivity contribution >= 4 is 0 Å². The van der Waals surface area contributed by atoms with E-state index in [1.54, 1.807) is 0 Å². The molecule has 0 amide bonds. The maximum absolute atomic E-state index is 3.47. The van der Waals surface area contributed by atoms with Crippen LogP contribution in [-0.2, 0) is 114 Å². The molecule has 0 saturated heterocycles. The fourth-order valence-corrected chi connectivity index (χ4v) is 5.11. The summed E-state index contributed by atoms with van der Waals surface area (Å²) in [4.78, 5) is 0. The van der Waals surface area contributed by atoms with Gasteiger partial charge in [-0.05, 0) is 10.8 Å². The van der Waals surface area contributed by atoms with Gasteiger partial charge in [-0.2, -0.15) is 133 Å². The minimum atomic E-state index is 0. The van der Waals surface area contributed by atoms with Gasteiger partial charge in [-0.15, -0.1) is 47.5 Å². The molecule has 3 heteroatoms. The van der Waals surface area contributed by atoms with E-state index in [1.807, 2.05) is 156 Å². The minimum absolute atomic E-state index is 0. The van der Waals surface area contributed by atoms with Crippen molar-refractivity contribution in [3.63, 3.8) is 0 Å². The third-order valence-corrected chi connectivity index (χ3v) is 7.91. The molecule has 0 bridgehead atoms. The molecule has 0 aliphatic rings. The molecule has 6 aromatic rings. The predicted molar refractivity (Wildman–Crippen MR) is 273 cm³/mol. The molecule has 0 N–H and O–H groups in total. The Kier molecular flexibility index (Phi) is 50.2. The summed E-state index contributed by atoms with van der Waals surface area (Å²) in [6.07, 6.45) is 0. The molecule has 0 nitrogen and oxygen atoms in total. The summed E-state index contributed by atoms with van der Waals surface area (Å²) in [6, 6.07) is 62.7. The van der Waals surface area contributed by atoms with Crippen molar-refractivity contribution in [1.29, 1.82) is 0 Å². The fraction of sp³-hybridized carbons (Fsp3) is 0.400. The summed E-state index contributed by atoms with van der Waals surface area (Å²) in [5, 5.41) is 0. The predicted octanol–water partition coefficient (Wildman–Crippen LogP) is 18.9. The summed E-state index contributed by atoms with van der Waals surface area (Å²) in [6.45, 7) is 44.0. The van der Waals surface area contributed by atoms with Crippen molar-refractivity contribution in [2.45, 2.75) is 162 Å². The van der Waals surface area contributed by atoms with E-state index < -0.39 is 0 Å². The smallest absolute Gasteiger partial charge is 0 e. The Labute approximate surface area is 468 Å². The standard InChI is InChI=1S/3C16H16.6C2H6.3Y/c1-16(2,3)15-12-8-7-11-14(15)13-9-5-4-6-10-13;2*1-16(2,3)15-11-7-10-14(12-15)13-8-5-4-6-9-13;6*1-2;;;/h4-9,12H,1-3H3;4-8,11-12H,1-3H3;4-8,10-11H,1-3H3;6*1-2H3;;;/q3*-2;;;;;;;;;. The molecule has 0 aliphatic heterocycles. The molecule has 0 aromatic heterocycles. The van der Waals surface area contributed by atoms with E-state index in [1.165, 1.54) is 16.7 Å². The maximum Gasteiger partial charge on any atom is 0 e. The van der Waals surface area contributed by atoms with Crippen molar-refractivity contribution < 1.29 is 98.1 Å². The maximum atomic E-state index is 3.47. The summed E-state index contributed by atoms with van der Waals surface area (Å²) >= 11 is 0. The molecule has 6 rings (SSSR count). The molecule has 0 fully saturated rings. The summed E-state index contributed by atoms with van der Waals surface area (Å²) in [5.41, 5.74) is 11.1. The summed E-state index contributed by atoms with van der Waals surface area (Å²) < 4.78 is 0. The van der Waals surface area contributed by atoms with Gasteiger partial charge in [0.15, 0.2) is 0 Å². The second kappa shape index (κ2) is 43.2. The SMILES string of the molecule is CC.CC.CC.CC.CC.CC.CC(C)(C)c1[c-]c(-c2[c-]cccc2)ccc1.CC(C)(C)c1cc[c-]c(-c2[c-]cccc2)c1.CC(C)(C)c1ccc[c-]c1-c1[c-]cccc1.[Y].[Y].[Y]. The second-order valence-corrected chi connectivity index (χ2v) is 15.0. The Bertz CT molecular complexity index is 1750. The fourth-order valence-electron chi connectivity index (χ4n) is 5.11. The Hall–Kier alpha value is -1.37. The van der Waals surface area contributed by atoms with Crippen LogP contribution in [-0.4, -0.2) is 0 Å². The normalized spacial score (nSPS) is 9.29. The van der Waals surface area contributed by atoms with Crippen LogP contribution in [0.15, 0.2) is 127 Å². The first-order chi connectivity index (χ1) is 28.7. The molecule has 0 heterocycles. The molecule has 0 unspecified atom stereocenters. The largest absolute Gasteiger partial charge is 0.226 e. The van der Waals surface area contributed by atoms with Gasteiger partial charge in [-0.1, -0.05) is 151 Å². The second-order valence-electron chi connectivity index (χ2n) is 15.0. The van der Waals surface area contributed by atoms with Crippen molar-refractivity contribution in [3.05, 3.63) is 180 Å². The van der Waals surface area contributed by atoms with Gasteiger partial charge < -0.3 is 0 Å². The van der Waals surface area contributed by atoms with Gasteiger partial charge in [-0.3, -0.25) is 0 Å². The monoisotopic (exact) mass is 1070 g/mol. The molecule has 0 atom stereocenters. The third kappa shape index (κ3) is 29.8. The van der Waals surface area contributed by atoms with Crippen LogP contribution < -0.4 is 0 Å². The van der Waals surface area contributed by atoms with Gasteiger partial charge in [0, 0.05) is 98.1 Å². The molecule has 0 aliphatic carbocycles. The van der Waals surface area contributed by atoms with Crippen molar-refractivity contribution in [2.24, 2.45) is 0 Å². The number of hydrogen-bond acceptors (Lipinski definition) is 0. The van der Waals surface area contributed by atoms with Crippen molar-refractivity contribution in [1.82, 2.24) is 0 Å². The molecular weight excluding hydrogens is 987 g/mol. The first-order valence-corrected chi connectivity index (χ1v) is 22.7. The van der Waals surface area contributed by atoms with Crippen molar-refractivity contribution in [2.75, 3.05) is 0 Å². The van der Waals surface area contributed by atoms with Gasteiger partial charge in [0.25, 0.3) is 0 Å². The summed E-state index contributed by atoms with van der Waals surface area (Å²) in [7, 11) is 0. The average molecular weight is 1070 g/mol. The Morgan fingerprint density at radius 3 is 1.11 bits per heavy atom. The van der Waals surface area contributed by atoms with Gasteiger partial charge in [0.05, 0.1) is 0 Å². The third-order valence-electron chi connectivity index (χ3n) is 7.91. The molecule has 6 aromatic carbocycles. The number of benzene rings is 6. The van der Waals surface area contributed by atoms with E-state index in [2.05, 4.69) is 153 Å². The van der Waals surface area contributed by atoms with Crippen LogP contribution in [0.4, 0.5) is 0 Å². The minimum Gasteiger partial charge on any atom is -0.226 e. The Morgan fingerprint density at radius 2 is 0.714 bits per heavy atom. The molecule has 339 valence electrons. The first-order valence-electron chi connectivity index (χ1n) is 22.7. The van der Waals surface area contributed by atoms with Crippen molar-refractivity contribution in [3.8, 4) is 33.4 Å². The van der Waals surface area contributed by atoms with E-state index in [4.69, 9.17) is 0 Å². The summed E-state index contributed by atoms with van der Waals surface area (Å²) in [5.74, 6) is 0. The van der Waals surface area contributed by atoms with E-state index in [0.717, 1.165) is 33.4 Å². The molecule has 63 heavy (non-hydrogen) atoms. The van der Waals surface area contributed by atoms with Gasteiger partial charge in [0.2, 0.25) is 0 Å². The van der Waals surface area contributed by atoms with Crippen LogP contribution in [0.1, 0.15) is 162 Å². The molecular formula is C60H84Y3-6. The zero-order valence-corrected chi connectivity index (χ0v) is 52.4. The van der Waals surface area contributed by atoms with Crippen LogP contribution >= 0.6 is 0 Å². The zero-order chi connectivity index (χ0) is 46.8. The molecule has 0 saturated carbocycles. The number of hydrogen-bond donors (Lipinski definition) is 0. The molecule has 0 spiro atoms. The van der Waals surface area contributed by atoms with Crippen LogP contribution in [0.2, 0.25) is 0 Å². The van der Waals surface area contributed by atoms with Gasteiger partial charge >= 0.3 is 0 Å². The van der Waals surface area contributed by atoms with E-state index >= 15 is 0 Å². The van der Waals surface area contributed by atoms with Crippen LogP contribution in [0.5, 0.6) is 0 Å². The Balaban J connectivity index is -0.000000169. The van der Waals surface area contributed by atoms with E-state index in [9.17, 15) is 0 Å². The number of rotatable bonds is 3. The molecule has 3 radical (unpaired) electrons. The first kappa shape index (κ1) is 73.2. The Morgan fingerprint density at radius 1 is 0.317 bits per heavy atom. The van der Waals surface area contributed by atoms with Crippen LogP contribution in [0, 0.1) is 36.4 Å². The van der Waals surface area contributed by atoms with Crippen LogP contribution in [0.3, 0.4) is 0 Å². The quantitative estimate of drug-likeness (QED) is 0.155. The average Bonchev–Trinajstić information content (AvgIpc) is 3.31. The topological polar surface area (TPSA) is 0 Å². The van der Waals surface area contributed by atoms with Gasteiger partial charge in [0.1, 0.15) is 0 Å². The zero-order valence-electron chi connectivity index (χ0n) is 43.9. The van der Waals surface area contributed by atoms with E-state index in [-0.39, 0.29) is 114 Å². The van der Waals surface area contributed by atoms with Gasteiger partial charge in [-0.25, -0.2) is 33.4 Å².